The zero-order chi connectivity index (χ0) is 25.6. The summed E-state index contributed by atoms with van der Waals surface area (Å²) in [5.41, 5.74) is 7.08. The molecule has 0 aliphatic rings. The molecule has 3 aromatic rings. The van der Waals surface area contributed by atoms with E-state index in [2.05, 4.69) is 32.8 Å². The Morgan fingerprint density at radius 2 is 1.80 bits per heavy atom. The van der Waals surface area contributed by atoms with Crippen molar-refractivity contribution in [2.75, 3.05) is 22.9 Å². The molecule has 35 heavy (non-hydrogen) atoms. The Balaban J connectivity index is 1.97. The van der Waals surface area contributed by atoms with Gasteiger partial charge < -0.3 is 16.4 Å². The summed E-state index contributed by atoms with van der Waals surface area (Å²) < 4.78 is 39.3. The van der Waals surface area contributed by atoms with Gasteiger partial charge in [-0.05, 0) is 55.8 Å². The molecular formula is C24H23ClF3N7. The van der Waals surface area contributed by atoms with Gasteiger partial charge in [-0.2, -0.15) is 18.4 Å². The Kier molecular flexibility index (Phi) is 8.14. The Labute approximate surface area is 205 Å². The molecule has 0 saturated carbocycles. The standard InChI is InChI=1S/C24H23ClF3N7/c1-3-4-11-31-16-6-8-17(9-7-16)32-23-21(14(2)18(13-29)22(30)33-23)35-34-20-12-15(24(26,27)28)5-10-19(20)25/h5-10,12,31H,3-4,11H2,1-2H3,(H3,30,32,33)/b35-34+. The lowest BCUT2D eigenvalue weighted by molar-refractivity contribution is -0.137. The number of azo groups is 1. The quantitative estimate of drug-likeness (QED) is 0.214. The number of benzene rings is 2. The van der Waals surface area contributed by atoms with Gasteiger partial charge in [0.1, 0.15) is 23.3 Å². The highest BCUT2D eigenvalue weighted by atomic mass is 35.5. The average molecular weight is 502 g/mol. The highest BCUT2D eigenvalue weighted by molar-refractivity contribution is 6.33. The zero-order valence-electron chi connectivity index (χ0n) is 19.0. The largest absolute Gasteiger partial charge is 0.416 e. The predicted molar refractivity (Wildman–Crippen MR) is 132 cm³/mol. The Morgan fingerprint density at radius 3 is 2.43 bits per heavy atom. The number of hydrogen-bond acceptors (Lipinski definition) is 7. The third-order valence-electron chi connectivity index (χ3n) is 5.09. The number of unbranched alkanes of at least 4 members (excludes halogenated alkanes) is 1. The summed E-state index contributed by atoms with van der Waals surface area (Å²) in [5.74, 6) is 0.180. The third kappa shape index (κ3) is 6.39. The van der Waals surface area contributed by atoms with Crippen LogP contribution in [0.4, 0.5) is 47.6 Å². The number of nitriles is 1. The highest BCUT2D eigenvalue weighted by Gasteiger charge is 2.31. The zero-order valence-corrected chi connectivity index (χ0v) is 19.8. The molecule has 0 unspecified atom stereocenters. The van der Waals surface area contributed by atoms with Gasteiger partial charge in [-0.15, -0.1) is 10.2 Å². The molecule has 0 saturated heterocycles. The average Bonchev–Trinajstić information content (AvgIpc) is 2.80. The van der Waals surface area contributed by atoms with Gasteiger partial charge in [-0.25, -0.2) is 4.98 Å². The minimum absolute atomic E-state index is 0.0102. The van der Waals surface area contributed by atoms with Crippen molar-refractivity contribution in [3.63, 3.8) is 0 Å². The van der Waals surface area contributed by atoms with Crippen molar-refractivity contribution in [3.05, 3.63) is 64.2 Å². The Bertz CT molecular complexity index is 1270. The third-order valence-corrected chi connectivity index (χ3v) is 5.41. The van der Waals surface area contributed by atoms with Crippen LogP contribution < -0.4 is 16.4 Å². The first-order chi connectivity index (χ1) is 16.6. The minimum atomic E-state index is -4.56. The lowest BCUT2D eigenvalue weighted by Crippen LogP contribution is -2.04. The van der Waals surface area contributed by atoms with E-state index in [1.807, 2.05) is 30.3 Å². The number of alkyl halides is 3. The maximum atomic E-state index is 13.1. The Morgan fingerprint density at radius 1 is 1.11 bits per heavy atom. The second-order valence-electron chi connectivity index (χ2n) is 7.65. The molecule has 0 amide bonds. The van der Waals surface area contributed by atoms with Crippen LogP contribution in [-0.2, 0) is 6.18 Å². The van der Waals surface area contributed by atoms with E-state index >= 15 is 0 Å². The van der Waals surface area contributed by atoms with Crippen LogP contribution in [0, 0.1) is 18.3 Å². The summed E-state index contributed by atoms with van der Waals surface area (Å²) in [4.78, 5) is 4.24. The lowest BCUT2D eigenvalue weighted by atomic mass is 10.1. The number of nitrogens with one attached hydrogen (secondary N) is 2. The minimum Gasteiger partial charge on any atom is -0.385 e. The summed E-state index contributed by atoms with van der Waals surface area (Å²) in [6.45, 7) is 4.58. The van der Waals surface area contributed by atoms with E-state index in [1.54, 1.807) is 6.92 Å². The van der Waals surface area contributed by atoms with Crippen LogP contribution in [0.2, 0.25) is 5.02 Å². The van der Waals surface area contributed by atoms with Crippen molar-refractivity contribution in [1.82, 2.24) is 4.98 Å². The number of nitrogens with two attached hydrogens (primary N) is 1. The molecule has 0 atom stereocenters. The van der Waals surface area contributed by atoms with Gasteiger partial charge >= 0.3 is 6.18 Å². The van der Waals surface area contributed by atoms with Gasteiger partial charge in [0.25, 0.3) is 0 Å². The summed E-state index contributed by atoms with van der Waals surface area (Å²) in [6.07, 6.45) is -2.43. The fraction of sp³-hybridized carbons (Fsp3) is 0.250. The normalized spacial score (nSPS) is 11.5. The number of anilines is 4. The smallest absolute Gasteiger partial charge is 0.385 e. The van der Waals surface area contributed by atoms with Gasteiger partial charge in [0.2, 0.25) is 0 Å². The van der Waals surface area contributed by atoms with Gasteiger partial charge in [0.15, 0.2) is 5.82 Å². The molecule has 4 N–H and O–H groups in total. The molecule has 0 aliphatic heterocycles. The molecule has 2 aromatic carbocycles. The molecular weight excluding hydrogens is 479 g/mol. The molecule has 7 nitrogen and oxygen atoms in total. The first-order valence-corrected chi connectivity index (χ1v) is 11.1. The van der Waals surface area contributed by atoms with Crippen LogP contribution in [-0.4, -0.2) is 11.5 Å². The van der Waals surface area contributed by atoms with E-state index in [0.29, 0.717) is 11.3 Å². The maximum Gasteiger partial charge on any atom is 0.416 e. The number of hydrogen-bond donors (Lipinski definition) is 3. The lowest BCUT2D eigenvalue weighted by Gasteiger charge is -2.13. The van der Waals surface area contributed by atoms with Crippen molar-refractivity contribution < 1.29 is 13.2 Å². The topological polar surface area (TPSA) is 111 Å². The van der Waals surface area contributed by atoms with Crippen molar-refractivity contribution in [3.8, 4) is 6.07 Å². The second kappa shape index (κ2) is 11.1. The van der Waals surface area contributed by atoms with Crippen molar-refractivity contribution in [2.45, 2.75) is 32.9 Å². The fourth-order valence-corrected chi connectivity index (χ4v) is 3.31. The van der Waals surface area contributed by atoms with Crippen LogP contribution in [0.15, 0.2) is 52.7 Å². The van der Waals surface area contributed by atoms with Crippen LogP contribution in [0.25, 0.3) is 0 Å². The first-order valence-electron chi connectivity index (χ1n) is 10.7. The summed E-state index contributed by atoms with van der Waals surface area (Å²) in [7, 11) is 0. The maximum absolute atomic E-state index is 13.1. The summed E-state index contributed by atoms with van der Waals surface area (Å²) >= 11 is 6.04. The van der Waals surface area contributed by atoms with Crippen LogP contribution in [0.5, 0.6) is 0 Å². The molecule has 11 heteroatoms. The molecule has 0 aliphatic carbocycles. The molecule has 0 spiro atoms. The number of aromatic nitrogens is 1. The van der Waals surface area contributed by atoms with E-state index in [4.69, 9.17) is 17.3 Å². The van der Waals surface area contributed by atoms with Crippen molar-refractivity contribution in [1.29, 1.82) is 5.26 Å². The molecule has 0 bridgehead atoms. The number of nitrogens with zero attached hydrogens (tertiary/aromatic N) is 4. The van der Waals surface area contributed by atoms with E-state index in [-0.39, 0.29) is 33.6 Å². The van der Waals surface area contributed by atoms with Gasteiger partial charge in [-0.3, -0.25) is 0 Å². The second-order valence-corrected chi connectivity index (χ2v) is 8.06. The predicted octanol–water partition coefficient (Wildman–Crippen LogP) is 7.89. The summed E-state index contributed by atoms with van der Waals surface area (Å²) in [6, 6.07) is 12.2. The van der Waals surface area contributed by atoms with Crippen molar-refractivity contribution >= 4 is 46.0 Å². The summed E-state index contributed by atoms with van der Waals surface area (Å²) in [5, 5.41) is 23.9. The first kappa shape index (κ1) is 25.8. The van der Waals surface area contributed by atoms with Crippen LogP contribution >= 0.6 is 11.6 Å². The number of halogens is 4. The van der Waals surface area contributed by atoms with E-state index in [9.17, 15) is 18.4 Å². The molecule has 1 heterocycles. The van der Waals surface area contributed by atoms with Gasteiger partial charge in [0.05, 0.1) is 16.1 Å². The molecule has 1 aromatic heterocycles. The van der Waals surface area contributed by atoms with Crippen molar-refractivity contribution in [2.24, 2.45) is 10.2 Å². The Hall–Kier alpha value is -3.84. The van der Waals surface area contributed by atoms with E-state index < -0.39 is 11.7 Å². The molecule has 0 fully saturated rings. The molecule has 0 radical (unpaired) electrons. The number of rotatable bonds is 8. The van der Waals surface area contributed by atoms with Crippen LogP contribution in [0.1, 0.15) is 36.5 Å². The molecule has 182 valence electrons. The SMILES string of the molecule is CCCCNc1ccc(Nc2nc(N)c(C#N)c(C)c2/N=N/c2cc(C(F)(F)F)ccc2Cl)cc1. The van der Waals surface area contributed by atoms with Gasteiger partial charge in [-0.1, -0.05) is 24.9 Å². The number of pyridine rings is 1. The van der Waals surface area contributed by atoms with E-state index in [1.165, 1.54) is 0 Å². The highest BCUT2D eigenvalue weighted by Crippen LogP contribution is 2.38. The monoisotopic (exact) mass is 501 g/mol. The van der Waals surface area contributed by atoms with E-state index in [0.717, 1.165) is 43.3 Å². The number of nitrogen functional groups attached to an aromatic ring is 1. The fourth-order valence-electron chi connectivity index (χ4n) is 3.16. The van der Waals surface area contributed by atoms with Gasteiger partial charge in [0, 0.05) is 23.5 Å². The molecule has 3 rings (SSSR count). The van der Waals surface area contributed by atoms with Crippen LogP contribution in [0.3, 0.4) is 0 Å².